The molecule has 3 aliphatic rings. The molecule has 0 bridgehead atoms. The fourth-order valence-corrected chi connectivity index (χ4v) is 6.71. The van der Waals surface area contributed by atoms with Crippen molar-refractivity contribution >= 4 is 29.4 Å². The van der Waals surface area contributed by atoms with Crippen LogP contribution in [0.2, 0.25) is 0 Å². The number of fused-ring (bicyclic) bond motifs is 1. The van der Waals surface area contributed by atoms with E-state index < -0.39 is 10.8 Å². The molecule has 0 aromatic heterocycles. The molecule has 1 aromatic rings. The third-order valence-electron chi connectivity index (χ3n) is 6.65. The molecule has 0 radical (unpaired) electrons. The van der Waals surface area contributed by atoms with E-state index in [1.54, 1.807) is 16.7 Å². The first-order chi connectivity index (χ1) is 14.4. The second-order valence-corrected chi connectivity index (χ2v) is 11.2. The fourth-order valence-electron chi connectivity index (χ4n) is 5.03. The number of hydrogen-bond donors (Lipinski definition) is 0. The van der Waals surface area contributed by atoms with Crippen molar-refractivity contribution in [2.24, 2.45) is 11.8 Å². The molecule has 1 amide bonds. The van der Waals surface area contributed by atoms with Gasteiger partial charge >= 0.3 is 5.97 Å². The average Bonchev–Trinajstić information content (AvgIpc) is 2.99. The molecule has 2 aliphatic heterocycles. The number of ketones is 1. The molecule has 3 atom stereocenters. The smallest absolute Gasteiger partial charge is 0.330 e. The SMILES string of the molecule is CC1(C)S[C@@H]2[C@H](CC(=O)Cc3ccccc3)C(=O)N2[C@H]1C(=O)OCC1CCCCC1. The molecule has 30 heavy (non-hydrogen) atoms. The van der Waals surface area contributed by atoms with Crippen LogP contribution in [0.3, 0.4) is 0 Å². The standard InChI is InChI=1S/C24H31NO4S/c1-24(2)20(23(28)29-15-17-11-7-4-8-12-17)25-21(27)19(22(25)30-24)14-18(26)13-16-9-5-3-6-10-16/h3,5-6,9-10,17,19-20,22H,4,7-8,11-15H2,1-2H3/t19-,20+,22-/m1/s1. The minimum absolute atomic E-state index is 0.0703. The van der Waals surface area contributed by atoms with Gasteiger partial charge in [0.2, 0.25) is 5.91 Å². The molecule has 162 valence electrons. The molecule has 0 spiro atoms. The van der Waals surface area contributed by atoms with Gasteiger partial charge < -0.3 is 9.64 Å². The van der Waals surface area contributed by atoms with Gasteiger partial charge in [-0.15, -0.1) is 11.8 Å². The van der Waals surface area contributed by atoms with Crippen LogP contribution in [0.4, 0.5) is 0 Å². The van der Waals surface area contributed by atoms with Crippen LogP contribution in [-0.2, 0) is 25.5 Å². The first-order valence-electron chi connectivity index (χ1n) is 11.1. The van der Waals surface area contributed by atoms with E-state index >= 15 is 0 Å². The summed E-state index contributed by atoms with van der Waals surface area (Å²) in [6.45, 7) is 4.46. The topological polar surface area (TPSA) is 63.7 Å². The highest BCUT2D eigenvalue weighted by Crippen LogP contribution is 2.54. The van der Waals surface area contributed by atoms with Crippen LogP contribution < -0.4 is 0 Å². The summed E-state index contributed by atoms with van der Waals surface area (Å²) in [4.78, 5) is 40.0. The molecular formula is C24H31NO4S. The number of esters is 1. The number of thioether (sulfide) groups is 1. The Kier molecular flexibility index (Phi) is 6.24. The van der Waals surface area contributed by atoms with E-state index in [1.165, 1.54) is 19.3 Å². The number of carbonyl (C=O) groups is 3. The van der Waals surface area contributed by atoms with Crippen molar-refractivity contribution in [2.45, 2.75) is 75.0 Å². The van der Waals surface area contributed by atoms with Crippen LogP contribution in [0.25, 0.3) is 0 Å². The minimum Gasteiger partial charge on any atom is -0.464 e. The minimum atomic E-state index is -0.566. The summed E-state index contributed by atoms with van der Waals surface area (Å²) in [5.41, 5.74) is 0.967. The van der Waals surface area contributed by atoms with Crippen LogP contribution in [-0.4, -0.2) is 45.3 Å². The Bertz CT molecular complexity index is 803. The lowest BCUT2D eigenvalue weighted by Crippen LogP contribution is -2.63. The maximum absolute atomic E-state index is 12.9. The van der Waals surface area contributed by atoms with Crippen molar-refractivity contribution in [2.75, 3.05) is 6.61 Å². The number of rotatable bonds is 7. The van der Waals surface area contributed by atoms with Crippen LogP contribution in [0, 0.1) is 11.8 Å². The summed E-state index contributed by atoms with van der Waals surface area (Å²) in [6, 6.07) is 9.04. The molecule has 2 heterocycles. The molecule has 1 saturated carbocycles. The Morgan fingerprint density at radius 1 is 1.13 bits per heavy atom. The maximum atomic E-state index is 12.9. The van der Waals surface area contributed by atoms with Crippen LogP contribution in [0.1, 0.15) is 57.9 Å². The Hall–Kier alpha value is -1.82. The van der Waals surface area contributed by atoms with E-state index in [9.17, 15) is 14.4 Å². The normalized spacial score (nSPS) is 28.0. The number of amides is 1. The van der Waals surface area contributed by atoms with E-state index in [0.29, 0.717) is 18.9 Å². The predicted octanol–water partition coefficient (Wildman–Crippen LogP) is 3.99. The lowest BCUT2D eigenvalue weighted by Gasteiger charge is -2.43. The van der Waals surface area contributed by atoms with E-state index in [0.717, 1.165) is 18.4 Å². The van der Waals surface area contributed by atoms with Gasteiger partial charge in [0.1, 0.15) is 11.8 Å². The molecule has 6 heteroatoms. The Labute approximate surface area is 182 Å². The average molecular weight is 430 g/mol. The van der Waals surface area contributed by atoms with Gasteiger partial charge in [-0.05, 0) is 38.2 Å². The highest BCUT2D eigenvalue weighted by Gasteiger charge is 2.64. The lowest BCUT2D eigenvalue weighted by molar-refractivity contribution is -0.168. The van der Waals surface area contributed by atoms with Gasteiger partial charge in [0.05, 0.1) is 17.9 Å². The molecule has 0 N–H and O–H groups in total. The second-order valence-electron chi connectivity index (χ2n) is 9.41. The van der Waals surface area contributed by atoms with Gasteiger partial charge in [0.15, 0.2) is 0 Å². The quantitative estimate of drug-likeness (QED) is 0.484. The number of hydrogen-bond acceptors (Lipinski definition) is 5. The number of ether oxygens (including phenoxy) is 1. The summed E-state index contributed by atoms with van der Waals surface area (Å²) in [6.07, 6.45) is 6.50. The van der Waals surface area contributed by atoms with Gasteiger partial charge in [-0.3, -0.25) is 9.59 Å². The van der Waals surface area contributed by atoms with Crippen molar-refractivity contribution in [1.29, 1.82) is 0 Å². The Morgan fingerprint density at radius 2 is 1.83 bits per heavy atom. The number of β-lactam (4-membered cyclic amide) rings is 1. The first kappa shape index (κ1) is 21.4. The number of nitrogens with zero attached hydrogens (tertiary/aromatic N) is 1. The van der Waals surface area contributed by atoms with Gasteiger partial charge in [0.25, 0.3) is 0 Å². The van der Waals surface area contributed by atoms with E-state index in [1.807, 2.05) is 44.2 Å². The summed E-state index contributed by atoms with van der Waals surface area (Å²) in [7, 11) is 0. The van der Waals surface area contributed by atoms with E-state index in [4.69, 9.17) is 4.74 Å². The zero-order chi connectivity index (χ0) is 21.3. The zero-order valence-corrected chi connectivity index (χ0v) is 18.7. The molecule has 5 nitrogen and oxygen atoms in total. The molecule has 1 aromatic carbocycles. The van der Waals surface area contributed by atoms with Gasteiger partial charge in [-0.2, -0.15) is 0 Å². The summed E-state index contributed by atoms with van der Waals surface area (Å²) < 4.78 is 5.27. The molecule has 1 aliphatic carbocycles. The monoisotopic (exact) mass is 429 g/mol. The van der Waals surface area contributed by atoms with Gasteiger partial charge in [0, 0.05) is 17.6 Å². The fraction of sp³-hybridized carbons (Fsp3) is 0.625. The van der Waals surface area contributed by atoms with E-state index in [2.05, 4.69) is 0 Å². The maximum Gasteiger partial charge on any atom is 0.330 e. The predicted molar refractivity (Wildman–Crippen MR) is 117 cm³/mol. The highest BCUT2D eigenvalue weighted by atomic mass is 32.2. The second kappa shape index (κ2) is 8.74. The summed E-state index contributed by atoms with van der Waals surface area (Å²) in [5, 5.41) is -0.112. The summed E-state index contributed by atoms with van der Waals surface area (Å²) >= 11 is 1.63. The number of carbonyl (C=O) groups excluding carboxylic acids is 3. The number of Topliss-reactive ketones (excluding diaryl/α,β-unsaturated/α-hetero) is 1. The van der Waals surface area contributed by atoms with Crippen molar-refractivity contribution in [3.63, 3.8) is 0 Å². The van der Waals surface area contributed by atoms with Gasteiger partial charge in [-0.25, -0.2) is 4.79 Å². The Balaban J connectivity index is 1.35. The molecule has 0 unspecified atom stereocenters. The molecule has 4 rings (SSSR count). The highest BCUT2D eigenvalue weighted by molar-refractivity contribution is 8.01. The van der Waals surface area contributed by atoms with Crippen molar-refractivity contribution in [3.8, 4) is 0 Å². The Morgan fingerprint density at radius 3 is 2.53 bits per heavy atom. The molecule has 3 fully saturated rings. The summed E-state index contributed by atoms with van der Waals surface area (Å²) in [5.74, 6) is -0.184. The van der Waals surface area contributed by atoms with Crippen molar-refractivity contribution in [1.82, 2.24) is 4.90 Å². The molecule has 2 saturated heterocycles. The number of benzene rings is 1. The third-order valence-corrected chi connectivity index (χ3v) is 8.28. The van der Waals surface area contributed by atoms with Crippen molar-refractivity contribution < 1.29 is 19.1 Å². The third kappa shape index (κ3) is 4.29. The lowest BCUT2D eigenvalue weighted by atomic mass is 9.87. The largest absolute Gasteiger partial charge is 0.464 e. The van der Waals surface area contributed by atoms with Gasteiger partial charge in [-0.1, -0.05) is 49.6 Å². The molecular weight excluding hydrogens is 398 g/mol. The van der Waals surface area contributed by atoms with E-state index in [-0.39, 0.29) is 35.4 Å². The van der Waals surface area contributed by atoms with Crippen molar-refractivity contribution in [3.05, 3.63) is 35.9 Å². The van der Waals surface area contributed by atoms with Crippen LogP contribution >= 0.6 is 11.8 Å². The zero-order valence-electron chi connectivity index (χ0n) is 17.8. The van der Waals surface area contributed by atoms with Crippen LogP contribution in [0.15, 0.2) is 30.3 Å². The van der Waals surface area contributed by atoms with Crippen LogP contribution in [0.5, 0.6) is 0 Å². The first-order valence-corrected chi connectivity index (χ1v) is 12.0.